The van der Waals surface area contributed by atoms with Crippen LogP contribution in [0.4, 0.5) is 0 Å². The van der Waals surface area contributed by atoms with Crippen molar-refractivity contribution in [2.45, 2.75) is 19.9 Å². The quantitative estimate of drug-likeness (QED) is 0.849. The van der Waals surface area contributed by atoms with Gasteiger partial charge in [0.15, 0.2) is 0 Å². The lowest BCUT2D eigenvalue weighted by Gasteiger charge is -2.17. The molecule has 92 valence electrons. The lowest BCUT2D eigenvalue weighted by Crippen LogP contribution is -2.22. The minimum Gasteiger partial charge on any atom is -0.478 e. The summed E-state index contributed by atoms with van der Waals surface area (Å²) in [6, 6.07) is 7.24. The first-order valence-electron chi connectivity index (χ1n) is 6.07. The Labute approximate surface area is 102 Å². The number of carbonyl (C=O) groups is 1. The zero-order valence-electron chi connectivity index (χ0n) is 10.4. The molecule has 1 aliphatic rings. The minimum absolute atomic E-state index is 0.420. The first-order chi connectivity index (χ1) is 8.08. The largest absolute Gasteiger partial charge is 0.478 e. The molecule has 0 spiro atoms. The number of benzene rings is 1. The van der Waals surface area contributed by atoms with Gasteiger partial charge in [-0.2, -0.15) is 0 Å². The molecule has 1 saturated carbocycles. The van der Waals surface area contributed by atoms with Crippen molar-refractivity contribution in [3.63, 3.8) is 0 Å². The third kappa shape index (κ3) is 3.07. The van der Waals surface area contributed by atoms with Crippen LogP contribution in [0, 0.1) is 11.8 Å². The van der Waals surface area contributed by atoms with Crippen molar-refractivity contribution in [1.29, 1.82) is 0 Å². The summed E-state index contributed by atoms with van der Waals surface area (Å²) in [6.07, 6.45) is 1.31. The van der Waals surface area contributed by atoms with Crippen molar-refractivity contribution in [2.75, 3.05) is 13.6 Å². The smallest absolute Gasteiger partial charge is 0.336 e. The standard InChI is InChI=1S/C14H19NO2/c1-10-7-12(10)9-15(2)8-11-5-3-4-6-13(11)14(16)17/h3-6,10,12H,7-9H2,1-2H3,(H,16,17). The van der Waals surface area contributed by atoms with Gasteiger partial charge in [-0.25, -0.2) is 4.79 Å². The van der Waals surface area contributed by atoms with Crippen LogP contribution in [-0.4, -0.2) is 29.6 Å². The molecule has 1 aromatic rings. The summed E-state index contributed by atoms with van der Waals surface area (Å²) in [5, 5.41) is 9.10. The maximum Gasteiger partial charge on any atom is 0.336 e. The van der Waals surface area contributed by atoms with E-state index in [4.69, 9.17) is 5.11 Å². The van der Waals surface area contributed by atoms with E-state index in [-0.39, 0.29) is 0 Å². The SMILES string of the molecule is CC1CC1CN(C)Cc1ccccc1C(=O)O. The molecule has 3 heteroatoms. The lowest BCUT2D eigenvalue weighted by atomic mass is 10.1. The summed E-state index contributed by atoms with van der Waals surface area (Å²) in [5.41, 5.74) is 1.32. The molecule has 1 aromatic carbocycles. The molecule has 2 rings (SSSR count). The third-order valence-corrected chi connectivity index (χ3v) is 3.51. The number of aromatic carboxylic acids is 1. The van der Waals surface area contributed by atoms with Gasteiger partial charge in [-0.1, -0.05) is 25.1 Å². The van der Waals surface area contributed by atoms with Crippen LogP contribution in [0.1, 0.15) is 29.3 Å². The minimum atomic E-state index is -0.839. The summed E-state index contributed by atoms with van der Waals surface area (Å²) in [6.45, 7) is 4.05. The second-order valence-corrected chi connectivity index (χ2v) is 5.13. The maximum absolute atomic E-state index is 11.1. The van der Waals surface area contributed by atoms with Crippen LogP contribution in [0.2, 0.25) is 0 Å². The normalized spacial score (nSPS) is 22.8. The fraction of sp³-hybridized carbons (Fsp3) is 0.500. The van der Waals surface area contributed by atoms with E-state index in [9.17, 15) is 4.79 Å². The van der Waals surface area contributed by atoms with Crippen LogP contribution in [0.15, 0.2) is 24.3 Å². The van der Waals surface area contributed by atoms with E-state index in [0.29, 0.717) is 12.1 Å². The highest BCUT2D eigenvalue weighted by atomic mass is 16.4. The monoisotopic (exact) mass is 233 g/mol. The van der Waals surface area contributed by atoms with Crippen LogP contribution in [0.25, 0.3) is 0 Å². The number of hydrogen-bond acceptors (Lipinski definition) is 2. The molecule has 0 amide bonds. The Morgan fingerprint density at radius 2 is 2.12 bits per heavy atom. The molecule has 3 nitrogen and oxygen atoms in total. The van der Waals surface area contributed by atoms with Crippen molar-refractivity contribution in [1.82, 2.24) is 4.90 Å². The Kier molecular flexibility index (Phi) is 3.48. The number of carboxylic acids is 1. The molecule has 0 saturated heterocycles. The van der Waals surface area contributed by atoms with Gasteiger partial charge in [-0.15, -0.1) is 0 Å². The molecule has 0 aromatic heterocycles. The van der Waals surface area contributed by atoms with Gasteiger partial charge >= 0.3 is 5.97 Å². The zero-order chi connectivity index (χ0) is 12.4. The third-order valence-electron chi connectivity index (χ3n) is 3.51. The molecule has 0 radical (unpaired) electrons. The number of rotatable bonds is 5. The topological polar surface area (TPSA) is 40.5 Å². The molecule has 2 atom stereocenters. The van der Waals surface area contributed by atoms with Gasteiger partial charge in [0.25, 0.3) is 0 Å². The number of nitrogens with zero attached hydrogens (tertiary/aromatic N) is 1. The molecule has 0 heterocycles. The van der Waals surface area contributed by atoms with Gasteiger partial charge in [0.2, 0.25) is 0 Å². The Hall–Kier alpha value is -1.35. The van der Waals surface area contributed by atoms with Gasteiger partial charge < -0.3 is 10.0 Å². The van der Waals surface area contributed by atoms with Gasteiger partial charge in [0.1, 0.15) is 0 Å². The van der Waals surface area contributed by atoms with Crippen LogP contribution < -0.4 is 0 Å². The van der Waals surface area contributed by atoms with Crippen molar-refractivity contribution < 1.29 is 9.90 Å². The van der Waals surface area contributed by atoms with Gasteiger partial charge in [-0.3, -0.25) is 0 Å². The van der Waals surface area contributed by atoms with E-state index in [0.717, 1.165) is 23.9 Å². The van der Waals surface area contributed by atoms with E-state index < -0.39 is 5.97 Å². The summed E-state index contributed by atoms with van der Waals surface area (Å²) in [7, 11) is 2.06. The van der Waals surface area contributed by atoms with E-state index in [2.05, 4.69) is 18.9 Å². The van der Waals surface area contributed by atoms with Crippen LogP contribution in [-0.2, 0) is 6.54 Å². The van der Waals surface area contributed by atoms with E-state index in [1.807, 2.05) is 12.1 Å². The predicted molar refractivity (Wildman–Crippen MR) is 67.0 cm³/mol. The fourth-order valence-electron chi connectivity index (χ4n) is 2.28. The fourth-order valence-corrected chi connectivity index (χ4v) is 2.28. The Morgan fingerprint density at radius 3 is 2.71 bits per heavy atom. The van der Waals surface area contributed by atoms with Gasteiger partial charge in [0, 0.05) is 13.1 Å². The summed E-state index contributed by atoms with van der Waals surface area (Å²) >= 11 is 0. The summed E-state index contributed by atoms with van der Waals surface area (Å²) in [5.74, 6) is 0.804. The highest BCUT2D eigenvalue weighted by molar-refractivity contribution is 5.89. The average Bonchev–Trinajstić information content (AvgIpc) is 2.94. The highest BCUT2D eigenvalue weighted by Gasteiger charge is 2.33. The first-order valence-corrected chi connectivity index (χ1v) is 6.07. The zero-order valence-corrected chi connectivity index (χ0v) is 10.4. The van der Waals surface area contributed by atoms with Gasteiger partial charge in [-0.05, 0) is 36.9 Å². The van der Waals surface area contributed by atoms with Crippen LogP contribution in [0.3, 0.4) is 0 Å². The molecule has 0 aliphatic heterocycles. The second kappa shape index (κ2) is 4.88. The first kappa shape index (κ1) is 12.1. The average molecular weight is 233 g/mol. The van der Waals surface area contributed by atoms with Crippen molar-refractivity contribution in [2.24, 2.45) is 11.8 Å². The highest BCUT2D eigenvalue weighted by Crippen LogP contribution is 2.38. The molecule has 17 heavy (non-hydrogen) atoms. The van der Waals surface area contributed by atoms with Crippen molar-refractivity contribution in [3.05, 3.63) is 35.4 Å². The number of hydrogen-bond donors (Lipinski definition) is 1. The Bertz CT molecular complexity index is 416. The summed E-state index contributed by atoms with van der Waals surface area (Å²) < 4.78 is 0. The molecule has 2 unspecified atom stereocenters. The Balaban J connectivity index is 1.99. The number of carboxylic acid groups (broad SMARTS) is 1. The van der Waals surface area contributed by atoms with Crippen LogP contribution in [0.5, 0.6) is 0 Å². The second-order valence-electron chi connectivity index (χ2n) is 5.13. The Morgan fingerprint density at radius 1 is 1.47 bits per heavy atom. The lowest BCUT2D eigenvalue weighted by molar-refractivity contribution is 0.0694. The molecular formula is C14H19NO2. The molecular weight excluding hydrogens is 214 g/mol. The summed E-state index contributed by atoms with van der Waals surface area (Å²) in [4.78, 5) is 13.3. The predicted octanol–water partition coefficient (Wildman–Crippen LogP) is 2.47. The van der Waals surface area contributed by atoms with Crippen molar-refractivity contribution in [3.8, 4) is 0 Å². The van der Waals surface area contributed by atoms with E-state index in [1.54, 1.807) is 12.1 Å². The molecule has 1 fully saturated rings. The molecule has 1 N–H and O–H groups in total. The van der Waals surface area contributed by atoms with E-state index >= 15 is 0 Å². The van der Waals surface area contributed by atoms with Gasteiger partial charge in [0.05, 0.1) is 5.56 Å². The molecule has 0 bridgehead atoms. The van der Waals surface area contributed by atoms with Crippen LogP contribution >= 0.6 is 0 Å². The molecule has 1 aliphatic carbocycles. The van der Waals surface area contributed by atoms with Crippen molar-refractivity contribution >= 4 is 5.97 Å². The maximum atomic E-state index is 11.1. The van der Waals surface area contributed by atoms with E-state index in [1.165, 1.54) is 6.42 Å².